The molecule has 4 unspecified atom stereocenters. The van der Waals surface area contributed by atoms with Crippen molar-refractivity contribution in [1.82, 2.24) is 0 Å². The zero-order valence-corrected chi connectivity index (χ0v) is 16.1. The van der Waals surface area contributed by atoms with Gasteiger partial charge < -0.3 is 21.7 Å². The molecule has 4 rings (SSSR count). The van der Waals surface area contributed by atoms with E-state index in [-0.39, 0.29) is 13.1 Å². The van der Waals surface area contributed by atoms with Gasteiger partial charge in [0, 0.05) is 0 Å². The molecule has 0 bridgehead atoms. The van der Waals surface area contributed by atoms with Gasteiger partial charge in [-0.05, 0) is 86.1 Å². The Bertz CT molecular complexity index is 597. The van der Waals surface area contributed by atoms with Gasteiger partial charge in [0.1, 0.15) is 0 Å². The molecule has 0 spiro atoms. The van der Waals surface area contributed by atoms with Gasteiger partial charge in [-0.15, -0.1) is 0 Å². The summed E-state index contributed by atoms with van der Waals surface area (Å²) in [5, 5.41) is 20.5. The Morgan fingerprint density at radius 1 is 0.741 bits per heavy atom. The van der Waals surface area contributed by atoms with Gasteiger partial charge in [0.25, 0.3) is 0 Å². The molecule has 4 aliphatic carbocycles. The Labute approximate surface area is 161 Å². The first-order valence-corrected chi connectivity index (χ1v) is 10.7. The van der Waals surface area contributed by atoms with Crippen LogP contribution in [-0.4, -0.2) is 35.2 Å². The molecule has 27 heavy (non-hydrogen) atoms. The van der Waals surface area contributed by atoms with Crippen molar-refractivity contribution in [2.75, 3.05) is 13.1 Å². The van der Waals surface area contributed by atoms with Crippen LogP contribution in [0.2, 0.25) is 0 Å². The highest BCUT2D eigenvalue weighted by molar-refractivity contribution is 5.81. The third-order valence-electron chi connectivity index (χ3n) is 9.06. The van der Waals surface area contributed by atoms with Crippen molar-refractivity contribution in [3.8, 4) is 0 Å². The topological polar surface area (TPSA) is 127 Å². The number of hydrogen-bond acceptors (Lipinski definition) is 4. The third-order valence-corrected chi connectivity index (χ3v) is 9.06. The van der Waals surface area contributed by atoms with Crippen molar-refractivity contribution in [2.24, 2.45) is 57.8 Å². The number of aliphatic carboxylic acids is 2. The summed E-state index contributed by atoms with van der Waals surface area (Å²) in [6, 6.07) is 0. The zero-order valence-electron chi connectivity index (χ0n) is 16.1. The number of carboxylic acids is 2. The standard InChI is InChI=1S/C21H34N2O4/c22-10-20(6-12-2-1-3-13(12)7-20)16(18(24)25)17(19(26)27)21(11-23)8-14-4-5-15(14)9-21/h12-17H,1-11,22-23H2,(H,24,25)(H,26,27)/t12?,13?,14-,15-,16?,17?,20?/m0/s1. The van der Waals surface area contributed by atoms with E-state index in [9.17, 15) is 19.8 Å². The molecule has 6 nitrogen and oxygen atoms in total. The van der Waals surface area contributed by atoms with Gasteiger partial charge in [0.15, 0.2) is 0 Å². The molecule has 6 atom stereocenters. The Balaban J connectivity index is 1.72. The molecule has 0 heterocycles. The largest absolute Gasteiger partial charge is 0.481 e. The van der Waals surface area contributed by atoms with Crippen molar-refractivity contribution < 1.29 is 19.8 Å². The van der Waals surface area contributed by atoms with Crippen LogP contribution in [0.1, 0.15) is 57.8 Å². The average Bonchev–Trinajstić information content (AvgIpc) is 3.24. The van der Waals surface area contributed by atoms with Gasteiger partial charge in [-0.1, -0.05) is 19.3 Å². The lowest BCUT2D eigenvalue weighted by molar-refractivity contribution is -0.167. The van der Waals surface area contributed by atoms with E-state index in [0.717, 1.165) is 51.4 Å². The van der Waals surface area contributed by atoms with Crippen LogP contribution in [0.3, 0.4) is 0 Å². The first-order valence-electron chi connectivity index (χ1n) is 10.7. The summed E-state index contributed by atoms with van der Waals surface area (Å²) in [7, 11) is 0. The van der Waals surface area contributed by atoms with E-state index in [4.69, 9.17) is 11.5 Å². The first-order chi connectivity index (χ1) is 12.9. The lowest BCUT2D eigenvalue weighted by Crippen LogP contribution is -2.54. The van der Waals surface area contributed by atoms with Crippen LogP contribution >= 0.6 is 0 Å². The predicted octanol–water partition coefficient (Wildman–Crippen LogP) is 2.31. The van der Waals surface area contributed by atoms with Gasteiger partial charge in [0.05, 0.1) is 11.8 Å². The minimum Gasteiger partial charge on any atom is -0.481 e. The summed E-state index contributed by atoms with van der Waals surface area (Å²) in [6.07, 6.45) is 8.78. The molecule has 0 aromatic rings. The van der Waals surface area contributed by atoms with Crippen molar-refractivity contribution >= 4 is 11.9 Å². The molecular weight excluding hydrogens is 344 g/mol. The maximum absolute atomic E-state index is 12.6. The van der Waals surface area contributed by atoms with Crippen LogP contribution in [0.15, 0.2) is 0 Å². The van der Waals surface area contributed by atoms with Crippen LogP contribution in [-0.2, 0) is 9.59 Å². The smallest absolute Gasteiger partial charge is 0.308 e. The molecule has 0 aromatic carbocycles. The van der Waals surface area contributed by atoms with Crippen LogP contribution in [0.5, 0.6) is 0 Å². The van der Waals surface area contributed by atoms with Crippen LogP contribution in [0, 0.1) is 46.3 Å². The molecular formula is C21H34N2O4. The summed E-state index contributed by atoms with van der Waals surface area (Å²) < 4.78 is 0. The van der Waals surface area contributed by atoms with E-state index in [0.29, 0.717) is 23.7 Å². The quantitative estimate of drug-likeness (QED) is 0.538. The van der Waals surface area contributed by atoms with E-state index < -0.39 is 34.6 Å². The SMILES string of the molecule is NCC1(C(C(=O)O)C(C(=O)O)C2(CN)C[C@@H]3CC[C@H]3C2)CC2CCCC2C1. The zero-order chi connectivity index (χ0) is 19.4. The summed E-state index contributed by atoms with van der Waals surface area (Å²) in [4.78, 5) is 25.1. The molecule has 0 saturated heterocycles. The fraction of sp³-hybridized carbons (Fsp3) is 0.905. The summed E-state index contributed by atoms with van der Waals surface area (Å²) in [6.45, 7) is 0.516. The third kappa shape index (κ3) is 2.82. The molecule has 0 amide bonds. The second-order valence-electron chi connectivity index (χ2n) is 10.1. The molecule has 152 valence electrons. The molecule has 0 radical (unpaired) electrons. The van der Waals surface area contributed by atoms with E-state index >= 15 is 0 Å². The molecule has 4 aliphatic rings. The van der Waals surface area contributed by atoms with Crippen molar-refractivity contribution in [3.05, 3.63) is 0 Å². The highest BCUT2D eigenvalue weighted by Crippen LogP contribution is 2.63. The molecule has 0 aliphatic heterocycles. The number of fused-ring (bicyclic) bond motifs is 2. The van der Waals surface area contributed by atoms with E-state index in [1.165, 1.54) is 6.42 Å². The lowest BCUT2D eigenvalue weighted by atomic mass is 9.58. The number of carboxylic acid groups (broad SMARTS) is 2. The lowest BCUT2D eigenvalue weighted by Gasteiger charge is -2.45. The van der Waals surface area contributed by atoms with Gasteiger partial charge in [-0.25, -0.2) is 0 Å². The highest BCUT2D eigenvalue weighted by Gasteiger charge is 2.63. The van der Waals surface area contributed by atoms with E-state index in [1.54, 1.807) is 0 Å². The second-order valence-corrected chi connectivity index (χ2v) is 10.1. The highest BCUT2D eigenvalue weighted by atomic mass is 16.4. The van der Waals surface area contributed by atoms with Crippen molar-refractivity contribution in [1.29, 1.82) is 0 Å². The normalized spacial score (nSPS) is 41.4. The van der Waals surface area contributed by atoms with Gasteiger partial charge in [-0.2, -0.15) is 0 Å². The van der Waals surface area contributed by atoms with Crippen LogP contribution in [0.4, 0.5) is 0 Å². The van der Waals surface area contributed by atoms with Crippen LogP contribution < -0.4 is 11.5 Å². The second kappa shape index (κ2) is 6.73. The minimum atomic E-state index is -0.987. The minimum absolute atomic E-state index is 0.258. The summed E-state index contributed by atoms with van der Waals surface area (Å²) in [5.41, 5.74) is 11.2. The Kier molecular flexibility index (Phi) is 4.78. The summed E-state index contributed by atoms with van der Waals surface area (Å²) in [5.74, 6) is -1.77. The van der Waals surface area contributed by atoms with Crippen LogP contribution in [0.25, 0.3) is 0 Å². The Hall–Kier alpha value is -1.14. The number of carbonyl (C=O) groups is 2. The molecule has 6 heteroatoms. The Morgan fingerprint density at radius 3 is 1.33 bits per heavy atom. The monoisotopic (exact) mass is 378 g/mol. The Morgan fingerprint density at radius 2 is 1.07 bits per heavy atom. The van der Waals surface area contributed by atoms with Crippen molar-refractivity contribution in [2.45, 2.75) is 57.8 Å². The number of rotatable bonds is 7. The molecule has 6 N–H and O–H groups in total. The molecule has 0 aromatic heterocycles. The maximum Gasteiger partial charge on any atom is 0.308 e. The number of hydrogen-bond donors (Lipinski definition) is 4. The molecule has 4 fully saturated rings. The van der Waals surface area contributed by atoms with E-state index in [2.05, 4.69) is 0 Å². The number of nitrogens with two attached hydrogens (primary N) is 2. The van der Waals surface area contributed by atoms with Crippen molar-refractivity contribution in [3.63, 3.8) is 0 Å². The summed E-state index contributed by atoms with van der Waals surface area (Å²) >= 11 is 0. The average molecular weight is 379 g/mol. The predicted molar refractivity (Wildman–Crippen MR) is 101 cm³/mol. The van der Waals surface area contributed by atoms with Gasteiger partial charge in [0.2, 0.25) is 0 Å². The van der Waals surface area contributed by atoms with Gasteiger partial charge >= 0.3 is 11.9 Å². The fourth-order valence-corrected chi connectivity index (χ4v) is 7.69. The molecule has 4 saturated carbocycles. The first kappa shape index (κ1) is 19.2. The van der Waals surface area contributed by atoms with E-state index in [1.807, 2.05) is 0 Å². The van der Waals surface area contributed by atoms with Gasteiger partial charge in [-0.3, -0.25) is 9.59 Å². The maximum atomic E-state index is 12.6. The fourth-order valence-electron chi connectivity index (χ4n) is 7.69.